The minimum atomic E-state index is -0.584. The molecule has 10 heteroatoms. The summed E-state index contributed by atoms with van der Waals surface area (Å²) in [5.74, 6) is 1.62. The number of likely N-dealkylation sites (tertiary alicyclic amines) is 1. The SMILES string of the molecule is C=CC(=O)N1CCC[C@@H](n2nc(-c3ccc(Oc4ccccc4)cc3)c3c(NC(=O)OCCCC)ncnc32)C1. The van der Waals surface area contributed by atoms with Gasteiger partial charge >= 0.3 is 6.09 Å². The molecule has 206 valence electrons. The summed E-state index contributed by atoms with van der Waals surface area (Å²) in [6.45, 7) is 7.13. The van der Waals surface area contributed by atoms with E-state index in [0.29, 0.717) is 48.0 Å². The Labute approximate surface area is 232 Å². The molecule has 1 atom stereocenters. The Balaban J connectivity index is 1.52. The fourth-order valence-corrected chi connectivity index (χ4v) is 4.76. The molecule has 1 N–H and O–H groups in total. The summed E-state index contributed by atoms with van der Waals surface area (Å²) in [4.78, 5) is 35.6. The lowest BCUT2D eigenvalue weighted by atomic mass is 10.1. The second-order valence-electron chi connectivity index (χ2n) is 9.55. The highest BCUT2D eigenvalue weighted by Crippen LogP contribution is 2.36. The quantitative estimate of drug-likeness (QED) is 0.205. The zero-order valence-corrected chi connectivity index (χ0v) is 22.5. The number of carbonyl (C=O) groups excluding carboxylic acids is 2. The van der Waals surface area contributed by atoms with Gasteiger partial charge in [0.25, 0.3) is 0 Å². The molecule has 0 saturated carbocycles. The standard InChI is InChI=1S/C30H32N6O4/c1-3-5-18-39-30(38)33-28-26-27(21-13-15-24(16-14-21)40-23-11-7-6-8-12-23)34-36(29(26)32-20-31-28)22-10-9-17-35(19-22)25(37)4-2/h4,6-8,11-16,20,22H,2-3,5,9-10,17-19H2,1H3,(H,31,32,33,38)/t22-/m1/s1. The van der Waals surface area contributed by atoms with Crippen LogP contribution >= 0.6 is 0 Å². The van der Waals surface area contributed by atoms with Crippen molar-refractivity contribution in [2.75, 3.05) is 25.0 Å². The number of unbranched alkanes of at least 4 members (excludes halogenated alkanes) is 1. The molecule has 40 heavy (non-hydrogen) atoms. The number of piperidine rings is 1. The summed E-state index contributed by atoms with van der Waals surface area (Å²) in [5.41, 5.74) is 1.98. The Hall–Kier alpha value is -4.73. The first kappa shape index (κ1) is 26.9. The van der Waals surface area contributed by atoms with Crippen molar-refractivity contribution in [2.24, 2.45) is 0 Å². The number of fused-ring (bicyclic) bond motifs is 1. The van der Waals surface area contributed by atoms with Gasteiger partial charge in [0.2, 0.25) is 5.91 Å². The van der Waals surface area contributed by atoms with Crippen molar-refractivity contribution in [3.63, 3.8) is 0 Å². The summed E-state index contributed by atoms with van der Waals surface area (Å²) in [5, 5.41) is 8.36. The second kappa shape index (κ2) is 12.4. The average Bonchev–Trinajstić information content (AvgIpc) is 3.39. The van der Waals surface area contributed by atoms with Gasteiger partial charge in [-0.2, -0.15) is 5.10 Å². The molecule has 1 saturated heterocycles. The van der Waals surface area contributed by atoms with Crippen LogP contribution in [0.4, 0.5) is 10.6 Å². The summed E-state index contributed by atoms with van der Waals surface area (Å²) in [7, 11) is 0. The number of amides is 2. The number of nitrogens with one attached hydrogen (secondary N) is 1. The lowest BCUT2D eigenvalue weighted by molar-refractivity contribution is -0.127. The largest absolute Gasteiger partial charge is 0.457 e. The smallest absolute Gasteiger partial charge is 0.412 e. The first-order chi connectivity index (χ1) is 19.6. The maximum atomic E-state index is 12.6. The van der Waals surface area contributed by atoms with Crippen LogP contribution in [-0.4, -0.2) is 56.3 Å². The maximum absolute atomic E-state index is 12.6. The Morgan fingerprint density at radius 2 is 1.88 bits per heavy atom. The van der Waals surface area contributed by atoms with Crippen molar-refractivity contribution in [2.45, 2.75) is 38.6 Å². The number of carbonyl (C=O) groups is 2. The van der Waals surface area contributed by atoms with Crippen molar-refractivity contribution in [1.82, 2.24) is 24.6 Å². The number of para-hydroxylation sites is 1. The first-order valence-electron chi connectivity index (χ1n) is 13.5. The molecule has 3 heterocycles. The third-order valence-corrected chi connectivity index (χ3v) is 6.78. The summed E-state index contributed by atoms with van der Waals surface area (Å²) >= 11 is 0. The van der Waals surface area contributed by atoms with Crippen LogP contribution < -0.4 is 10.1 Å². The van der Waals surface area contributed by atoms with Gasteiger partial charge in [-0.3, -0.25) is 10.1 Å². The van der Waals surface area contributed by atoms with E-state index >= 15 is 0 Å². The molecule has 5 rings (SSSR count). The second-order valence-corrected chi connectivity index (χ2v) is 9.55. The van der Waals surface area contributed by atoms with E-state index in [1.165, 1.54) is 12.4 Å². The Kier molecular flexibility index (Phi) is 8.34. The highest BCUT2D eigenvalue weighted by Gasteiger charge is 2.28. The molecule has 0 bridgehead atoms. The Bertz CT molecular complexity index is 1490. The van der Waals surface area contributed by atoms with Gasteiger partial charge in [-0.25, -0.2) is 19.4 Å². The Morgan fingerprint density at radius 3 is 2.62 bits per heavy atom. The highest BCUT2D eigenvalue weighted by atomic mass is 16.5. The molecule has 1 aliphatic heterocycles. The summed E-state index contributed by atoms with van der Waals surface area (Å²) in [6, 6.07) is 17.0. The summed E-state index contributed by atoms with van der Waals surface area (Å²) in [6.07, 6.45) is 5.49. The Morgan fingerprint density at radius 1 is 1.10 bits per heavy atom. The zero-order chi connectivity index (χ0) is 27.9. The zero-order valence-electron chi connectivity index (χ0n) is 22.5. The topological polar surface area (TPSA) is 111 Å². The molecule has 1 aliphatic rings. The average molecular weight is 541 g/mol. The van der Waals surface area contributed by atoms with E-state index in [2.05, 4.69) is 21.9 Å². The number of ether oxygens (including phenoxy) is 2. The van der Waals surface area contributed by atoms with Gasteiger partial charge < -0.3 is 14.4 Å². The van der Waals surface area contributed by atoms with Crippen molar-refractivity contribution in [3.05, 3.63) is 73.6 Å². The van der Waals surface area contributed by atoms with Crippen LogP contribution in [0.5, 0.6) is 11.5 Å². The number of hydrogen-bond donors (Lipinski definition) is 1. The van der Waals surface area contributed by atoms with E-state index in [0.717, 1.165) is 37.0 Å². The van der Waals surface area contributed by atoms with E-state index in [1.807, 2.05) is 66.2 Å². The van der Waals surface area contributed by atoms with Crippen molar-refractivity contribution >= 4 is 28.9 Å². The van der Waals surface area contributed by atoms with Crippen LogP contribution in [-0.2, 0) is 9.53 Å². The molecule has 0 radical (unpaired) electrons. The molecular formula is C30H32N6O4. The first-order valence-corrected chi connectivity index (χ1v) is 13.5. The van der Waals surface area contributed by atoms with Crippen molar-refractivity contribution in [1.29, 1.82) is 0 Å². The van der Waals surface area contributed by atoms with Gasteiger partial charge in [-0.1, -0.05) is 38.1 Å². The van der Waals surface area contributed by atoms with Gasteiger partial charge in [0.15, 0.2) is 11.5 Å². The molecule has 1 fully saturated rings. The van der Waals surface area contributed by atoms with E-state index in [9.17, 15) is 9.59 Å². The van der Waals surface area contributed by atoms with Crippen LogP contribution in [0.1, 0.15) is 38.6 Å². The number of benzene rings is 2. The lowest BCUT2D eigenvalue weighted by Gasteiger charge is -2.32. The fraction of sp³-hybridized carbons (Fsp3) is 0.300. The van der Waals surface area contributed by atoms with E-state index < -0.39 is 6.09 Å². The minimum absolute atomic E-state index is 0.103. The van der Waals surface area contributed by atoms with Crippen LogP contribution in [0.2, 0.25) is 0 Å². The third kappa shape index (κ3) is 5.96. The molecule has 0 unspecified atom stereocenters. The molecule has 0 spiro atoms. The van der Waals surface area contributed by atoms with Crippen molar-refractivity contribution in [3.8, 4) is 22.8 Å². The van der Waals surface area contributed by atoms with Crippen LogP contribution in [0.15, 0.2) is 73.6 Å². The van der Waals surface area contributed by atoms with E-state index in [1.54, 1.807) is 4.90 Å². The van der Waals surface area contributed by atoms with Crippen LogP contribution in [0.3, 0.4) is 0 Å². The van der Waals surface area contributed by atoms with E-state index in [4.69, 9.17) is 14.6 Å². The van der Waals surface area contributed by atoms with Gasteiger partial charge in [-0.05, 0) is 61.7 Å². The van der Waals surface area contributed by atoms with Crippen LogP contribution in [0.25, 0.3) is 22.3 Å². The van der Waals surface area contributed by atoms with Gasteiger partial charge in [0.1, 0.15) is 23.5 Å². The van der Waals surface area contributed by atoms with Crippen molar-refractivity contribution < 1.29 is 19.1 Å². The maximum Gasteiger partial charge on any atom is 0.412 e. The summed E-state index contributed by atoms with van der Waals surface area (Å²) < 4.78 is 13.1. The minimum Gasteiger partial charge on any atom is -0.457 e. The normalized spacial score (nSPS) is 15.0. The third-order valence-electron chi connectivity index (χ3n) is 6.78. The number of anilines is 1. The predicted molar refractivity (Wildman–Crippen MR) is 152 cm³/mol. The molecule has 2 aromatic heterocycles. The molecule has 0 aliphatic carbocycles. The lowest BCUT2D eigenvalue weighted by Crippen LogP contribution is -2.40. The molecular weight excluding hydrogens is 508 g/mol. The molecule has 4 aromatic rings. The number of rotatable bonds is 9. The highest BCUT2D eigenvalue weighted by molar-refractivity contribution is 6.03. The number of nitrogens with zero attached hydrogens (tertiary/aromatic N) is 5. The fourth-order valence-electron chi connectivity index (χ4n) is 4.76. The molecule has 2 aromatic carbocycles. The monoisotopic (exact) mass is 540 g/mol. The predicted octanol–water partition coefficient (Wildman–Crippen LogP) is 5.98. The van der Waals surface area contributed by atoms with E-state index in [-0.39, 0.29) is 11.9 Å². The van der Waals surface area contributed by atoms with Gasteiger partial charge in [0, 0.05) is 18.7 Å². The number of aromatic nitrogens is 4. The van der Waals surface area contributed by atoms with Gasteiger partial charge in [-0.15, -0.1) is 0 Å². The number of hydrogen-bond acceptors (Lipinski definition) is 7. The molecule has 10 nitrogen and oxygen atoms in total. The molecule has 2 amide bonds. The van der Waals surface area contributed by atoms with Crippen LogP contribution in [0, 0.1) is 0 Å². The van der Waals surface area contributed by atoms with Gasteiger partial charge in [0.05, 0.1) is 18.0 Å².